The number of rotatable bonds is 8. The second-order valence-corrected chi connectivity index (χ2v) is 3.39. The Bertz CT molecular complexity index is 160. The van der Waals surface area contributed by atoms with Crippen molar-refractivity contribution in [3.63, 3.8) is 0 Å². The molecule has 4 nitrogen and oxygen atoms in total. The lowest BCUT2D eigenvalue weighted by Gasteiger charge is -2.10. The third-order valence-corrected chi connectivity index (χ3v) is 1.95. The van der Waals surface area contributed by atoms with E-state index in [1.54, 1.807) is 7.05 Å². The van der Waals surface area contributed by atoms with E-state index in [0.29, 0.717) is 0 Å². The Balaban J connectivity index is 3.31. The van der Waals surface area contributed by atoms with E-state index in [4.69, 9.17) is 4.74 Å². The minimum atomic E-state index is 0.743. The Hall–Kier alpha value is -0.770. The highest BCUT2D eigenvalue weighted by Gasteiger charge is 1.94. The molecule has 0 heterocycles. The van der Waals surface area contributed by atoms with Crippen LogP contribution in [-0.2, 0) is 4.74 Å². The highest BCUT2D eigenvalue weighted by molar-refractivity contribution is 5.79. The van der Waals surface area contributed by atoms with Crippen molar-refractivity contribution < 1.29 is 4.74 Å². The van der Waals surface area contributed by atoms with Crippen LogP contribution in [0.1, 0.15) is 33.1 Å². The maximum absolute atomic E-state index is 5.43. The average Bonchev–Trinajstić information content (AvgIpc) is 2.27. The largest absolute Gasteiger partial charge is 0.380 e. The van der Waals surface area contributed by atoms with Crippen molar-refractivity contribution in [1.82, 2.24) is 10.6 Å². The number of unbranched alkanes of at least 4 members (excludes halogenated alkanes) is 1. The highest BCUT2D eigenvalue weighted by Crippen LogP contribution is 1.86. The van der Waals surface area contributed by atoms with E-state index in [2.05, 4.69) is 29.5 Å². The third-order valence-electron chi connectivity index (χ3n) is 1.95. The molecule has 0 rings (SSSR count). The van der Waals surface area contributed by atoms with Gasteiger partial charge in [-0.2, -0.15) is 0 Å². The van der Waals surface area contributed by atoms with Crippen LogP contribution in [0.2, 0.25) is 0 Å². The number of hydrogen-bond acceptors (Lipinski definition) is 2. The normalized spacial score (nSPS) is 11.5. The number of ether oxygens (including phenoxy) is 1. The van der Waals surface area contributed by atoms with E-state index in [9.17, 15) is 0 Å². The second kappa shape index (κ2) is 11.3. The maximum Gasteiger partial charge on any atom is 0.191 e. The summed E-state index contributed by atoms with van der Waals surface area (Å²) in [6.07, 6.45) is 3.43. The van der Waals surface area contributed by atoms with Crippen molar-refractivity contribution in [3.05, 3.63) is 0 Å². The van der Waals surface area contributed by atoms with Gasteiger partial charge in [-0.25, -0.2) is 0 Å². The number of hydrogen-bond donors (Lipinski definition) is 2. The summed E-state index contributed by atoms with van der Waals surface area (Å²) in [5, 5.41) is 6.40. The first-order valence-electron chi connectivity index (χ1n) is 5.87. The Morgan fingerprint density at radius 1 is 1.07 bits per heavy atom. The molecule has 0 bridgehead atoms. The average molecular weight is 215 g/mol. The van der Waals surface area contributed by atoms with Crippen LogP contribution in [0.4, 0.5) is 0 Å². The highest BCUT2D eigenvalue weighted by atomic mass is 16.5. The van der Waals surface area contributed by atoms with Gasteiger partial charge in [-0.15, -0.1) is 0 Å². The summed E-state index contributed by atoms with van der Waals surface area (Å²) in [6.45, 7) is 7.67. The van der Waals surface area contributed by atoms with Gasteiger partial charge >= 0.3 is 0 Å². The zero-order chi connectivity index (χ0) is 11.4. The van der Waals surface area contributed by atoms with Crippen molar-refractivity contribution in [2.75, 3.05) is 33.4 Å². The first kappa shape index (κ1) is 14.2. The van der Waals surface area contributed by atoms with E-state index in [1.807, 2.05) is 0 Å². The Morgan fingerprint density at radius 3 is 2.40 bits per heavy atom. The molecule has 15 heavy (non-hydrogen) atoms. The van der Waals surface area contributed by atoms with Gasteiger partial charge in [0.05, 0.1) is 6.61 Å². The molecule has 0 saturated carbocycles. The zero-order valence-corrected chi connectivity index (χ0v) is 10.3. The molecule has 0 aliphatic carbocycles. The van der Waals surface area contributed by atoms with Gasteiger partial charge in [0.2, 0.25) is 0 Å². The Morgan fingerprint density at radius 2 is 1.80 bits per heavy atom. The molecule has 0 fully saturated rings. The van der Waals surface area contributed by atoms with Gasteiger partial charge in [0.25, 0.3) is 0 Å². The molecule has 0 atom stereocenters. The summed E-state index contributed by atoms with van der Waals surface area (Å²) < 4.78 is 5.43. The fraction of sp³-hybridized carbons (Fsp3) is 0.909. The second-order valence-electron chi connectivity index (χ2n) is 3.39. The summed E-state index contributed by atoms with van der Waals surface area (Å²) in [7, 11) is 1.78. The number of nitrogens with one attached hydrogen (secondary N) is 2. The molecule has 0 aromatic rings. The summed E-state index contributed by atoms with van der Waals surface area (Å²) in [6, 6.07) is 0. The maximum atomic E-state index is 5.43. The van der Waals surface area contributed by atoms with E-state index in [-0.39, 0.29) is 0 Å². The number of guanidine groups is 1. The van der Waals surface area contributed by atoms with Crippen LogP contribution >= 0.6 is 0 Å². The monoisotopic (exact) mass is 215 g/mol. The third kappa shape index (κ3) is 9.53. The molecule has 0 aromatic carbocycles. The van der Waals surface area contributed by atoms with Crippen LogP contribution in [0.15, 0.2) is 4.99 Å². The molecule has 4 heteroatoms. The van der Waals surface area contributed by atoms with Crippen LogP contribution in [0.3, 0.4) is 0 Å². The quantitative estimate of drug-likeness (QED) is 0.365. The minimum Gasteiger partial charge on any atom is -0.380 e. The molecule has 0 unspecified atom stereocenters. The lowest BCUT2D eigenvalue weighted by atomic mass is 10.4. The van der Waals surface area contributed by atoms with Crippen molar-refractivity contribution in [1.29, 1.82) is 0 Å². The molecule has 90 valence electrons. The van der Waals surface area contributed by atoms with Crippen LogP contribution in [0.25, 0.3) is 0 Å². The number of aliphatic imine (C=N–C) groups is 1. The molecule has 0 aliphatic heterocycles. The first-order valence-corrected chi connectivity index (χ1v) is 5.87. The number of nitrogens with zero attached hydrogens (tertiary/aromatic N) is 1. The van der Waals surface area contributed by atoms with Crippen molar-refractivity contribution in [2.45, 2.75) is 33.1 Å². The van der Waals surface area contributed by atoms with E-state index in [1.165, 1.54) is 6.42 Å². The van der Waals surface area contributed by atoms with Crippen LogP contribution in [0.5, 0.6) is 0 Å². The van der Waals surface area contributed by atoms with Crippen molar-refractivity contribution in [3.8, 4) is 0 Å². The van der Waals surface area contributed by atoms with Gasteiger partial charge in [-0.3, -0.25) is 4.99 Å². The lowest BCUT2D eigenvalue weighted by Crippen LogP contribution is -2.39. The molecule has 0 aliphatic rings. The molecule has 0 amide bonds. The predicted molar refractivity (Wildman–Crippen MR) is 65.4 cm³/mol. The van der Waals surface area contributed by atoms with E-state index < -0.39 is 0 Å². The Labute approximate surface area is 93.5 Å². The van der Waals surface area contributed by atoms with Crippen molar-refractivity contribution >= 4 is 5.96 Å². The van der Waals surface area contributed by atoms with Gasteiger partial charge < -0.3 is 15.4 Å². The molecule has 0 radical (unpaired) electrons. The summed E-state index contributed by atoms with van der Waals surface area (Å²) >= 11 is 0. The van der Waals surface area contributed by atoms with Gasteiger partial charge in [0.1, 0.15) is 0 Å². The zero-order valence-electron chi connectivity index (χ0n) is 10.3. The molecule has 2 N–H and O–H groups in total. The topological polar surface area (TPSA) is 45.6 Å². The van der Waals surface area contributed by atoms with Crippen LogP contribution in [-0.4, -0.2) is 39.3 Å². The predicted octanol–water partition coefficient (Wildman–Crippen LogP) is 1.38. The SMILES string of the molecule is CCCCOCCNC(=NC)NCCC. The van der Waals surface area contributed by atoms with Gasteiger partial charge in [0, 0.05) is 26.7 Å². The van der Waals surface area contributed by atoms with Crippen molar-refractivity contribution in [2.24, 2.45) is 4.99 Å². The van der Waals surface area contributed by atoms with Gasteiger partial charge in [-0.1, -0.05) is 20.3 Å². The Kier molecular flexibility index (Phi) is 10.7. The first-order chi connectivity index (χ1) is 7.35. The van der Waals surface area contributed by atoms with Crippen LogP contribution in [0, 0.1) is 0 Å². The fourth-order valence-corrected chi connectivity index (χ4v) is 1.05. The standard InChI is InChI=1S/C11H25N3O/c1-4-6-9-15-10-8-14-11(12-3)13-7-5-2/h4-10H2,1-3H3,(H2,12,13,14). The van der Waals surface area contributed by atoms with Crippen LogP contribution < -0.4 is 10.6 Å². The van der Waals surface area contributed by atoms with Gasteiger partial charge in [-0.05, 0) is 12.8 Å². The molecule has 0 saturated heterocycles. The fourth-order valence-electron chi connectivity index (χ4n) is 1.05. The van der Waals surface area contributed by atoms with E-state index >= 15 is 0 Å². The minimum absolute atomic E-state index is 0.743. The summed E-state index contributed by atoms with van der Waals surface area (Å²) in [5.74, 6) is 0.857. The molecule has 0 spiro atoms. The van der Waals surface area contributed by atoms with Gasteiger partial charge in [0.15, 0.2) is 5.96 Å². The molecular formula is C11H25N3O. The summed E-state index contributed by atoms with van der Waals surface area (Å²) in [5.41, 5.74) is 0. The molecule has 0 aromatic heterocycles. The lowest BCUT2D eigenvalue weighted by molar-refractivity contribution is 0.136. The smallest absolute Gasteiger partial charge is 0.191 e. The summed E-state index contributed by atoms with van der Waals surface area (Å²) in [4.78, 5) is 4.10. The van der Waals surface area contributed by atoms with E-state index in [0.717, 1.165) is 45.1 Å². The molecular weight excluding hydrogens is 190 g/mol.